The zero-order valence-corrected chi connectivity index (χ0v) is 20.7. The van der Waals surface area contributed by atoms with Gasteiger partial charge in [0.15, 0.2) is 12.4 Å². The van der Waals surface area contributed by atoms with Crippen molar-refractivity contribution in [2.75, 3.05) is 18.5 Å². The molecule has 1 aliphatic heterocycles. The van der Waals surface area contributed by atoms with E-state index in [1.807, 2.05) is 42.5 Å². The van der Waals surface area contributed by atoms with Gasteiger partial charge in [-0.2, -0.15) is 0 Å². The van der Waals surface area contributed by atoms with Crippen molar-refractivity contribution < 1.29 is 14.3 Å². The number of ether oxygens (including phenoxy) is 1. The minimum absolute atomic E-state index is 0.144. The van der Waals surface area contributed by atoms with Crippen LogP contribution in [0.15, 0.2) is 66.9 Å². The maximum Gasteiger partial charge on any atom is 0.339 e. The van der Waals surface area contributed by atoms with Gasteiger partial charge in [-0.3, -0.25) is 14.7 Å². The number of nitrogens with zero attached hydrogens (tertiary/aromatic N) is 3. The monoisotopic (exact) mass is 520 g/mol. The van der Waals surface area contributed by atoms with E-state index in [2.05, 4.69) is 27.3 Å². The van der Waals surface area contributed by atoms with E-state index in [0.29, 0.717) is 28.9 Å². The maximum absolute atomic E-state index is 13.4. The summed E-state index contributed by atoms with van der Waals surface area (Å²) in [6, 6.07) is 19.1. The number of hydrogen-bond donors (Lipinski definition) is 1. The Balaban J connectivity index is 1.37. The van der Waals surface area contributed by atoms with Crippen LogP contribution in [0.4, 0.5) is 5.82 Å². The van der Waals surface area contributed by atoms with Crippen LogP contribution in [0.5, 0.6) is 0 Å². The second kappa shape index (κ2) is 10.6. The predicted octanol–water partition coefficient (Wildman–Crippen LogP) is 5.29. The van der Waals surface area contributed by atoms with Crippen molar-refractivity contribution in [3.05, 3.63) is 99.3 Å². The molecule has 0 saturated carbocycles. The van der Waals surface area contributed by atoms with E-state index in [-0.39, 0.29) is 10.8 Å². The summed E-state index contributed by atoms with van der Waals surface area (Å²) in [6.07, 6.45) is 2.08. The first-order valence-electron chi connectivity index (χ1n) is 11.4. The van der Waals surface area contributed by atoms with Crippen LogP contribution in [-0.4, -0.2) is 39.9 Å². The van der Waals surface area contributed by atoms with Gasteiger partial charge in [-0.25, -0.2) is 9.78 Å². The van der Waals surface area contributed by atoms with Gasteiger partial charge in [-0.15, -0.1) is 0 Å². The fourth-order valence-electron chi connectivity index (χ4n) is 4.33. The molecule has 0 spiro atoms. The SMILES string of the molecule is O=C(COC(=O)c1c2c(nc3ccccc13)CCN(Cc1ccccc1)C2)Nc1ncc(Cl)cc1Cl. The normalized spacial score (nSPS) is 13.3. The van der Waals surface area contributed by atoms with Gasteiger partial charge in [0.25, 0.3) is 5.91 Å². The number of hydrogen-bond acceptors (Lipinski definition) is 6. The second-order valence-corrected chi connectivity index (χ2v) is 9.33. The molecule has 1 aliphatic rings. The third-order valence-electron chi connectivity index (χ3n) is 5.98. The Labute approximate surface area is 218 Å². The first kappa shape index (κ1) is 24.2. The number of rotatable bonds is 6. The minimum atomic E-state index is -0.572. The van der Waals surface area contributed by atoms with E-state index in [1.165, 1.54) is 17.8 Å². The van der Waals surface area contributed by atoms with Crippen LogP contribution >= 0.6 is 23.2 Å². The Hall–Kier alpha value is -3.52. The van der Waals surface area contributed by atoms with Crippen molar-refractivity contribution in [1.82, 2.24) is 14.9 Å². The van der Waals surface area contributed by atoms with Gasteiger partial charge in [0.2, 0.25) is 0 Å². The molecule has 5 rings (SSSR count). The quantitative estimate of drug-likeness (QED) is 0.347. The van der Waals surface area contributed by atoms with E-state index in [4.69, 9.17) is 32.9 Å². The summed E-state index contributed by atoms with van der Waals surface area (Å²) in [6.45, 7) is 1.67. The van der Waals surface area contributed by atoms with Gasteiger partial charge >= 0.3 is 5.97 Å². The molecular formula is C27H22Cl2N4O3. The molecule has 0 fully saturated rings. The average molecular weight is 521 g/mol. The van der Waals surface area contributed by atoms with Crippen LogP contribution in [-0.2, 0) is 29.0 Å². The first-order valence-corrected chi connectivity index (χ1v) is 12.2. The lowest BCUT2D eigenvalue weighted by Gasteiger charge is -2.30. The van der Waals surface area contributed by atoms with E-state index in [1.54, 1.807) is 0 Å². The molecule has 1 N–H and O–H groups in total. The third-order valence-corrected chi connectivity index (χ3v) is 6.47. The summed E-state index contributed by atoms with van der Waals surface area (Å²) in [5, 5.41) is 3.78. The van der Waals surface area contributed by atoms with E-state index in [0.717, 1.165) is 29.9 Å². The largest absolute Gasteiger partial charge is 0.452 e. The molecule has 2 aromatic heterocycles. The predicted molar refractivity (Wildman–Crippen MR) is 139 cm³/mol. The van der Waals surface area contributed by atoms with Crippen molar-refractivity contribution in [3.8, 4) is 0 Å². The Morgan fingerprint density at radius 1 is 1.06 bits per heavy atom. The number of aromatic nitrogens is 2. The number of pyridine rings is 2. The molecule has 3 heterocycles. The number of fused-ring (bicyclic) bond motifs is 2. The van der Waals surface area contributed by atoms with Crippen molar-refractivity contribution >= 4 is 51.8 Å². The number of para-hydroxylation sites is 1. The van der Waals surface area contributed by atoms with Crippen LogP contribution in [0.25, 0.3) is 10.9 Å². The number of benzene rings is 2. The van der Waals surface area contributed by atoms with Gasteiger partial charge in [0.05, 0.1) is 21.1 Å². The molecule has 0 aliphatic carbocycles. The summed E-state index contributed by atoms with van der Waals surface area (Å²) >= 11 is 11.9. The molecule has 0 atom stereocenters. The third kappa shape index (κ3) is 5.33. The first-order chi connectivity index (χ1) is 17.5. The van der Waals surface area contributed by atoms with Gasteiger partial charge in [0, 0.05) is 48.9 Å². The number of amides is 1. The minimum Gasteiger partial charge on any atom is -0.452 e. The van der Waals surface area contributed by atoms with Crippen LogP contribution in [0.1, 0.15) is 27.2 Å². The Bertz CT molecular complexity index is 1450. The van der Waals surface area contributed by atoms with Crippen LogP contribution in [0.2, 0.25) is 10.0 Å². The number of carbonyl (C=O) groups excluding carboxylic acids is 2. The van der Waals surface area contributed by atoms with E-state index >= 15 is 0 Å². The molecule has 36 heavy (non-hydrogen) atoms. The highest BCUT2D eigenvalue weighted by Crippen LogP contribution is 2.29. The van der Waals surface area contributed by atoms with Crippen molar-refractivity contribution in [3.63, 3.8) is 0 Å². The Morgan fingerprint density at radius 2 is 1.83 bits per heavy atom. The molecule has 0 radical (unpaired) electrons. The average Bonchev–Trinajstić information content (AvgIpc) is 2.88. The summed E-state index contributed by atoms with van der Waals surface area (Å²) < 4.78 is 5.46. The molecule has 4 aromatic rings. The fourth-order valence-corrected chi connectivity index (χ4v) is 4.76. The Kier molecular flexibility index (Phi) is 7.13. The number of nitrogens with one attached hydrogen (secondary N) is 1. The zero-order valence-electron chi connectivity index (χ0n) is 19.2. The molecule has 0 bridgehead atoms. The number of anilines is 1. The summed E-state index contributed by atoms with van der Waals surface area (Å²) in [5.74, 6) is -0.986. The summed E-state index contributed by atoms with van der Waals surface area (Å²) in [7, 11) is 0. The van der Waals surface area contributed by atoms with Crippen LogP contribution in [0.3, 0.4) is 0 Å². The van der Waals surface area contributed by atoms with Crippen molar-refractivity contribution in [1.29, 1.82) is 0 Å². The second-order valence-electron chi connectivity index (χ2n) is 8.48. The zero-order chi connectivity index (χ0) is 25.1. The van der Waals surface area contributed by atoms with Gasteiger partial charge < -0.3 is 10.1 Å². The fraction of sp³-hybridized carbons (Fsp3) is 0.185. The molecule has 9 heteroatoms. The molecule has 1 amide bonds. The highest BCUT2D eigenvalue weighted by atomic mass is 35.5. The molecule has 182 valence electrons. The topological polar surface area (TPSA) is 84.4 Å². The molecule has 7 nitrogen and oxygen atoms in total. The summed E-state index contributed by atoms with van der Waals surface area (Å²) in [4.78, 5) is 36.9. The van der Waals surface area contributed by atoms with E-state index in [9.17, 15) is 9.59 Å². The van der Waals surface area contributed by atoms with Crippen molar-refractivity contribution in [2.24, 2.45) is 0 Å². The van der Waals surface area contributed by atoms with Crippen LogP contribution < -0.4 is 5.32 Å². The molecular weight excluding hydrogens is 499 g/mol. The highest BCUT2D eigenvalue weighted by Gasteiger charge is 2.27. The number of carbonyl (C=O) groups is 2. The number of esters is 1. The molecule has 2 aromatic carbocycles. The maximum atomic E-state index is 13.4. The Morgan fingerprint density at radius 3 is 2.64 bits per heavy atom. The lowest BCUT2D eigenvalue weighted by Crippen LogP contribution is -2.32. The van der Waals surface area contributed by atoms with E-state index < -0.39 is 18.5 Å². The highest BCUT2D eigenvalue weighted by molar-refractivity contribution is 6.36. The smallest absolute Gasteiger partial charge is 0.339 e. The molecule has 0 unspecified atom stereocenters. The van der Waals surface area contributed by atoms with Gasteiger partial charge in [-0.1, -0.05) is 71.7 Å². The lowest BCUT2D eigenvalue weighted by molar-refractivity contribution is -0.119. The van der Waals surface area contributed by atoms with Gasteiger partial charge in [-0.05, 0) is 17.7 Å². The molecule has 0 saturated heterocycles. The lowest BCUT2D eigenvalue weighted by atomic mass is 9.95. The standard InChI is InChI=1S/C27H22Cl2N4O3/c28-18-12-21(29)26(30-13-18)32-24(34)16-36-27(35)25-19-8-4-5-9-22(19)31-23-10-11-33(15-20(23)25)14-17-6-2-1-3-7-17/h1-9,12-13H,10-11,14-16H2,(H,30,32,34). The van der Waals surface area contributed by atoms with Crippen molar-refractivity contribution in [2.45, 2.75) is 19.5 Å². The van der Waals surface area contributed by atoms with Gasteiger partial charge in [0.1, 0.15) is 0 Å². The van der Waals surface area contributed by atoms with Crippen LogP contribution in [0, 0.1) is 0 Å². The number of halogens is 2. The summed E-state index contributed by atoms with van der Waals surface area (Å²) in [5.41, 5.74) is 4.09.